The number of amides is 1. The smallest absolute Gasteiger partial charge is 0.303 e. The van der Waals surface area contributed by atoms with Crippen LogP contribution in [0.1, 0.15) is 44.9 Å². The Balaban J connectivity index is 1.44. The van der Waals surface area contributed by atoms with Gasteiger partial charge in [0.05, 0.1) is 11.5 Å². The number of benzene rings is 1. The lowest BCUT2D eigenvalue weighted by molar-refractivity contribution is -0.137. The van der Waals surface area contributed by atoms with Gasteiger partial charge in [-0.3, -0.25) is 9.59 Å². The van der Waals surface area contributed by atoms with Gasteiger partial charge in [-0.25, -0.2) is 0 Å². The third-order valence-corrected chi connectivity index (χ3v) is 5.39. The van der Waals surface area contributed by atoms with E-state index in [4.69, 9.17) is 9.84 Å². The van der Waals surface area contributed by atoms with Gasteiger partial charge < -0.3 is 15.2 Å². The monoisotopic (exact) mass is 359 g/mol. The lowest BCUT2D eigenvalue weighted by Crippen LogP contribution is -2.21. The van der Waals surface area contributed by atoms with Crippen molar-refractivity contribution in [3.8, 4) is 5.75 Å². The minimum Gasteiger partial charge on any atom is -0.494 e. The summed E-state index contributed by atoms with van der Waals surface area (Å²) in [6.45, 7) is 0.853. The number of ether oxygens (including phenoxy) is 1. The molecule has 0 bridgehead atoms. The van der Waals surface area contributed by atoms with Crippen LogP contribution in [0.2, 0.25) is 0 Å². The van der Waals surface area contributed by atoms with Crippen LogP contribution in [0.5, 0.6) is 5.75 Å². The number of hydrogen-bond donors (Lipinski definition) is 2. The number of nitrogens with one attached hydrogen (secondary N) is 1. The number of fused-ring (bicyclic) bond motifs is 1. The van der Waals surface area contributed by atoms with Gasteiger partial charge in [0.15, 0.2) is 0 Å². The molecule has 0 spiro atoms. The highest BCUT2D eigenvalue weighted by Gasteiger charge is 2.18. The average molecular weight is 359 g/mol. The van der Waals surface area contributed by atoms with E-state index < -0.39 is 5.97 Å². The zero-order chi connectivity index (χ0) is 17.6. The molecule has 0 saturated carbocycles. The number of rotatable bonds is 8. The molecule has 0 radical (unpaired) electrons. The van der Waals surface area contributed by atoms with E-state index in [-0.39, 0.29) is 12.3 Å². The van der Waals surface area contributed by atoms with Crippen LogP contribution in [0.3, 0.4) is 0 Å². The molecule has 0 atom stereocenters. The van der Waals surface area contributed by atoms with Gasteiger partial charge in [0.1, 0.15) is 5.75 Å². The van der Waals surface area contributed by atoms with Gasteiger partial charge in [-0.05, 0) is 55.0 Å². The van der Waals surface area contributed by atoms with Gasteiger partial charge in [-0.15, -0.1) is 11.3 Å². The minimum atomic E-state index is -0.814. The van der Waals surface area contributed by atoms with Crippen molar-refractivity contribution in [3.63, 3.8) is 0 Å². The maximum Gasteiger partial charge on any atom is 0.303 e. The quantitative estimate of drug-likeness (QED) is 0.708. The maximum absolute atomic E-state index is 12.2. The van der Waals surface area contributed by atoms with Gasteiger partial charge in [-0.2, -0.15) is 0 Å². The number of carboxylic acid groups (broad SMARTS) is 1. The summed E-state index contributed by atoms with van der Waals surface area (Å²) in [7, 11) is 0. The largest absolute Gasteiger partial charge is 0.494 e. The minimum absolute atomic E-state index is 0.0200. The number of aryl methyl sites for hydroxylation is 2. The maximum atomic E-state index is 12.2. The molecular formula is C19H21NO4S. The average Bonchev–Trinajstić information content (AvgIpc) is 3.19. The summed E-state index contributed by atoms with van der Waals surface area (Å²) in [5.74, 6) is -0.130. The third-order valence-electron chi connectivity index (χ3n) is 4.15. The van der Waals surface area contributed by atoms with Crippen molar-refractivity contribution >= 4 is 23.2 Å². The van der Waals surface area contributed by atoms with E-state index in [0.29, 0.717) is 25.3 Å². The first-order chi connectivity index (χ1) is 12.1. The number of carbonyl (C=O) groups excluding carboxylic acids is 1. The van der Waals surface area contributed by atoms with Crippen LogP contribution in [0, 0.1) is 0 Å². The summed E-state index contributed by atoms with van der Waals surface area (Å²) in [6, 6.07) is 9.50. The zero-order valence-corrected chi connectivity index (χ0v) is 14.7. The molecule has 0 saturated heterocycles. The molecule has 1 aliphatic rings. The van der Waals surface area contributed by atoms with Crippen molar-refractivity contribution in [2.45, 2.75) is 38.6 Å². The fourth-order valence-corrected chi connectivity index (χ4v) is 4.00. The Bertz CT molecular complexity index is 730. The molecule has 2 aromatic rings. The predicted molar refractivity (Wildman–Crippen MR) is 96.3 cm³/mol. The second kappa shape index (κ2) is 8.16. The summed E-state index contributed by atoms with van der Waals surface area (Å²) in [4.78, 5) is 24.8. The van der Waals surface area contributed by atoms with Crippen molar-refractivity contribution in [2.24, 2.45) is 0 Å². The molecule has 1 amide bonds. The van der Waals surface area contributed by atoms with Crippen LogP contribution in [0.15, 0.2) is 30.3 Å². The highest BCUT2D eigenvalue weighted by Crippen LogP contribution is 2.30. The van der Waals surface area contributed by atoms with Crippen molar-refractivity contribution < 1.29 is 19.4 Å². The molecule has 0 unspecified atom stereocenters. The lowest BCUT2D eigenvalue weighted by Gasteiger charge is -2.07. The summed E-state index contributed by atoms with van der Waals surface area (Å²) >= 11 is 1.61. The molecule has 3 rings (SSSR count). The molecule has 6 heteroatoms. The fourth-order valence-electron chi connectivity index (χ4n) is 2.83. The molecule has 5 nitrogen and oxygen atoms in total. The van der Waals surface area contributed by atoms with E-state index >= 15 is 0 Å². The van der Waals surface area contributed by atoms with E-state index in [0.717, 1.165) is 23.3 Å². The van der Waals surface area contributed by atoms with Gasteiger partial charge >= 0.3 is 5.97 Å². The van der Waals surface area contributed by atoms with Crippen molar-refractivity contribution in [1.82, 2.24) is 5.32 Å². The van der Waals surface area contributed by atoms with Gasteiger partial charge in [0, 0.05) is 17.8 Å². The first kappa shape index (κ1) is 17.5. The topological polar surface area (TPSA) is 75.6 Å². The van der Waals surface area contributed by atoms with E-state index in [1.807, 2.05) is 30.3 Å². The summed E-state index contributed by atoms with van der Waals surface area (Å²) in [5, 5.41) is 11.5. The van der Waals surface area contributed by atoms with Gasteiger partial charge in [0.2, 0.25) is 0 Å². The van der Waals surface area contributed by atoms with E-state index in [9.17, 15) is 9.59 Å². The normalized spacial score (nSPS) is 12.6. The number of carbonyl (C=O) groups is 2. The zero-order valence-electron chi connectivity index (χ0n) is 13.9. The highest BCUT2D eigenvalue weighted by molar-refractivity contribution is 7.14. The molecular weight excluding hydrogens is 338 g/mol. The van der Waals surface area contributed by atoms with Crippen molar-refractivity contribution in [1.29, 1.82) is 0 Å². The third kappa shape index (κ3) is 4.82. The van der Waals surface area contributed by atoms with Crippen LogP contribution < -0.4 is 10.1 Å². The molecule has 25 heavy (non-hydrogen) atoms. The SMILES string of the molecule is O=C(O)CCCOc1ccc(CNC(=O)c2cc3c(s2)CCC3)cc1. The Labute approximate surface area is 150 Å². The number of thiophene rings is 1. The second-order valence-corrected chi connectivity index (χ2v) is 7.22. The fraction of sp³-hybridized carbons (Fsp3) is 0.368. The molecule has 0 fully saturated rings. The summed E-state index contributed by atoms with van der Waals surface area (Å²) in [5.41, 5.74) is 2.33. The van der Waals surface area contributed by atoms with Crippen LogP contribution in [-0.2, 0) is 24.2 Å². The first-order valence-corrected chi connectivity index (χ1v) is 9.27. The molecule has 0 aliphatic heterocycles. The number of hydrogen-bond acceptors (Lipinski definition) is 4. The van der Waals surface area contributed by atoms with Crippen LogP contribution in [0.4, 0.5) is 0 Å². The molecule has 2 N–H and O–H groups in total. The molecule has 1 aliphatic carbocycles. The van der Waals surface area contributed by atoms with Crippen molar-refractivity contribution in [2.75, 3.05) is 6.61 Å². The Morgan fingerprint density at radius 1 is 1.20 bits per heavy atom. The molecule has 1 aromatic heterocycles. The number of carboxylic acids is 1. The van der Waals surface area contributed by atoms with Crippen LogP contribution >= 0.6 is 11.3 Å². The standard InChI is InChI=1S/C19H21NO4S/c21-18(22)5-2-10-24-15-8-6-13(7-9-15)12-20-19(23)17-11-14-3-1-4-16(14)25-17/h6-9,11H,1-5,10,12H2,(H,20,23)(H,21,22). The van der Waals surface area contributed by atoms with E-state index in [1.165, 1.54) is 16.9 Å². The number of aliphatic carboxylic acids is 1. The van der Waals surface area contributed by atoms with Gasteiger partial charge in [0.25, 0.3) is 5.91 Å². The Kier molecular flexibility index (Phi) is 5.71. The van der Waals surface area contributed by atoms with Crippen molar-refractivity contribution in [3.05, 3.63) is 51.2 Å². The molecule has 1 aromatic carbocycles. The first-order valence-electron chi connectivity index (χ1n) is 8.45. The summed E-state index contributed by atoms with van der Waals surface area (Å²) < 4.78 is 5.49. The Morgan fingerprint density at radius 2 is 2.00 bits per heavy atom. The molecule has 1 heterocycles. The second-order valence-electron chi connectivity index (χ2n) is 6.09. The van der Waals surface area contributed by atoms with Crippen LogP contribution in [0.25, 0.3) is 0 Å². The predicted octanol–water partition coefficient (Wildman–Crippen LogP) is 3.41. The van der Waals surface area contributed by atoms with E-state index in [2.05, 4.69) is 5.32 Å². The Morgan fingerprint density at radius 3 is 2.72 bits per heavy atom. The summed E-state index contributed by atoms with van der Waals surface area (Å²) in [6.07, 6.45) is 3.98. The highest BCUT2D eigenvalue weighted by atomic mass is 32.1. The Hall–Kier alpha value is -2.34. The molecule has 132 valence electrons. The van der Waals surface area contributed by atoms with Gasteiger partial charge in [-0.1, -0.05) is 12.1 Å². The van der Waals surface area contributed by atoms with E-state index in [1.54, 1.807) is 11.3 Å². The van der Waals surface area contributed by atoms with Crippen LogP contribution in [-0.4, -0.2) is 23.6 Å². The lowest BCUT2D eigenvalue weighted by atomic mass is 10.2.